The van der Waals surface area contributed by atoms with Crippen LogP contribution in [0.25, 0.3) is 0 Å². The Morgan fingerprint density at radius 3 is 2.80 bits per heavy atom. The average Bonchev–Trinajstić information content (AvgIpc) is 2.47. The number of carbonyl (C=O) groups is 1. The van der Waals surface area contributed by atoms with E-state index in [1.165, 1.54) is 19.3 Å². The molecule has 0 saturated heterocycles. The number of hydrogen-bond donors (Lipinski definition) is 2. The lowest BCUT2D eigenvalue weighted by atomic mass is 9.89. The summed E-state index contributed by atoms with van der Waals surface area (Å²) in [6, 6.07) is 1.75. The van der Waals surface area contributed by atoms with Gasteiger partial charge in [-0.1, -0.05) is 30.9 Å². The van der Waals surface area contributed by atoms with Crippen LogP contribution in [-0.4, -0.2) is 29.5 Å². The summed E-state index contributed by atoms with van der Waals surface area (Å²) in [5.41, 5.74) is 0. The molecule has 0 radical (unpaired) electrons. The number of carbonyl (C=O) groups excluding carboxylic acids is 1. The van der Waals surface area contributed by atoms with Gasteiger partial charge in [0.05, 0.1) is 0 Å². The fraction of sp³-hybridized carbons (Fsp3) is 0.643. The maximum Gasteiger partial charge on any atom is 0.207 e. The van der Waals surface area contributed by atoms with Crippen molar-refractivity contribution < 1.29 is 4.79 Å². The molecule has 20 heavy (non-hydrogen) atoms. The molecule has 2 rings (SSSR count). The number of aromatic nitrogens is 2. The smallest absolute Gasteiger partial charge is 0.207 e. The van der Waals surface area contributed by atoms with Crippen molar-refractivity contribution in [3.63, 3.8) is 0 Å². The average molecular weight is 297 g/mol. The topological polar surface area (TPSA) is 66.9 Å². The van der Waals surface area contributed by atoms with Gasteiger partial charge in [-0.25, -0.2) is 9.97 Å². The number of hydrogen-bond acceptors (Lipinski definition) is 4. The molecule has 1 fully saturated rings. The number of nitrogens with one attached hydrogen (secondary N) is 2. The maximum absolute atomic E-state index is 10.1. The van der Waals surface area contributed by atoms with Gasteiger partial charge in [-0.3, -0.25) is 4.79 Å². The van der Waals surface area contributed by atoms with Crippen LogP contribution in [-0.2, 0) is 4.79 Å². The van der Waals surface area contributed by atoms with Crippen LogP contribution in [0.4, 0.5) is 5.82 Å². The summed E-state index contributed by atoms with van der Waals surface area (Å²) in [6.45, 7) is 1.41. The minimum Gasteiger partial charge on any atom is -0.370 e. The summed E-state index contributed by atoms with van der Waals surface area (Å²) in [5, 5.41) is 6.36. The van der Waals surface area contributed by atoms with Crippen molar-refractivity contribution in [2.45, 2.75) is 44.4 Å². The highest BCUT2D eigenvalue weighted by molar-refractivity contribution is 6.29. The molecule has 0 spiro atoms. The lowest BCUT2D eigenvalue weighted by Crippen LogP contribution is -2.17. The fourth-order valence-electron chi connectivity index (χ4n) is 2.53. The Morgan fingerprint density at radius 2 is 2.05 bits per heavy atom. The molecule has 0 atom stereocenters. The van der Waals surface area contributed by atoms with Crippen LogP contribution in [0.15, 0.2) is 6.07 Å². The quantitative estimate of drug-likeness (QED) is 0.461. The molecular formula is C14H21ClN4O. The van der Waals surface area contributed by atoms with E-state index in [0.29, 0.717) is 24.0 Å². The summed E-state index contributed by atoms with van der Waals surface area (Å²) in [6.07, 6.45) is 7.68. The van der Waals surface area contributed by atoms with E-state index in [1.54, 1.807) is 6.07 Å². The summed E-state index contributed by atoms with van der Waals surface area (Å²) in [5.74, 6) is 2.09. The van der Waals surface area contributed by atoms with Crippen molar-refractivity contribution in [3.8, 4) is 0 Å². The van der Waals surface area contributed by atoms with Crippen molar-refractivity contribution in [1.29, 1.82) is 0 Å². The van der Waals surface area contributed by atoms with Gasteiger partial charge in [-0.05, 0) is 19.3 Å². The van der Waals surface area contributed by atoms with E-state index in [1.807, 2.05) is 0 Å². The largest absolute Gasteiger partial charge is 0.370 e. The molecule has 1 saturated carbocycles. The first-order valence-corrected chi connectivity index (χ1v) is 7.63. The number of anilines is 1. The zero-order valence-corrected chi connectivity index (χ0v) is 12.3. The van der Waals surface area contributed by atoms with Gasteiger partial charge in [0.15, 0.2) is 0 Å². The predicted molar refractivity (Wildman–Crippen MR) is 80.0 cm³/mol. The van der Waals surface area contributed by atoms with Gasteiger partial charge >= 0.3 is 0 Å². The van der Waals surface area contributed by atoms with Gasteiger partial charge in [-0.15, -0.1) is 0 Å². The van der Waals surface area contributed by atoms with Gasteiger partial charge in [0, 0.05) is 25.1 Å². The first kappa shape index (κ1) is 15.0. The molecule has 0 unspecified atom stereocenters. The van der Waals surface area contributed by atoms with E-state index >= 15 is 0 Å². The Labute approximate surface area is 124 Å². The highest BCUT2D eigenvalue weighted by Gasteiger charge is 2.19. The second-order valence-corrected chi connectivity index (χ2v) is 5.51. The fourth-order valence-corrected chi connectivity index (χ4v) is 2.72. The third kappa shape index (κ3) is 4.63. The zero-order chi connectivity index (χ0) is 14.2. The van der Waals surface area contributed by atoms with Crippen molar-refractivity contribution >= 4 is 23.8 Å². The molecule has 1 amide bonds. The molecule has 2 N–H and O–H groups in total. The highest BCUT2D eigenvalue weighted by Crippen LogP contribution is 2.31. The van der Waals surface area contributed by atoms with Crippen LogP contribution in [0.1, 0.15) is 50.3 Å². The van der Waals surface area contributed by atoms with Crippen molar-refractivity contribution in [2.75, 3.05) is 18.4 Å². The van der Waals surface area contributed by atoms with Crippen molar-refractivity contribution in [2.24, 2.45) is 0 Å². The van der Waals surface area contributed by atoms with E-state index in [-0.39, 0.29) is 0 Å². The summed E-state index contributed by atoms with van der Waals surface area (Å²) >= 11 is 6.08. The molecule has 0 aliphatic heterocycles. The third-order valence-corrected chi connectivity index (χ3v) is 3.76. The first-order valence-electron chi connectivity index (χ1n) is 7.25. The van der Waals surface area contributed by atoms with Gasteiger partial charge in [-0.2, -0.15) is 0 Å². The normalized spacial score (nSPS) is 15.8. The minimum absolute atomic E-state index is 0.444. The van der Waals surface area contributed by atoms with E-state index in [9.17, 15) is 4.79 Å². The Bertz CT molecular complexity index is 435. The molecule has 6 heteroatoms. The highest BCUT2D eigenvalue weighted by atomic mass is 35.5. The first-order chi connectivity index (χ1) is 9.79. The Hall–Kier alpha value is -1.36. The minimum atomic E-state index is 0.444. The van der Waals surface area contributed by atoms with Gasteiger partial charge in [0.25, 0.3) is 0 Å². The molecular weight excluding hydrogens is 276 g/mol. The molecule has 1 aromatic rings. The van der Waals surface area contributed by atoms with E-state index in [0.717, 1.165) is 37.4 Å². The number of rotatable bonds is 7. The van der Waals surface area contributed by atoms with Crippen LogP contribution in [0.3, 0.4) is 0 Å². The molecule has 5 nitrogen and oxygen atoms in total. The summed E-state index contributed by atoms with van der Waals surface area (Å²) in [4.78, 5) is 19.1. The number of nitrogens with zero attached hydrogens (tertiary/aromatic N) is 2. The van der Waals surface area contributed by atoms with E-state index in [4.69, 9.17) is 11.6 Å². The molecule has 1 aliphatic carbocycles. The van der Waals surface area contributed by atoms with E-state index < -0.39 is 0 Å². The standard InChI is InChI=1S/C14H21ClN4O/c15-12-9-13(17-8-4-7-16-10-20)19-14(18-12)11-5-2-1-3-6-11/h9-11H,1-8H2,(H,16,20)(H,17,18,19). The Balaban J connectivity index is 1.91. The van der Waals surface area contributed by atoms with E-state index in [2.05, 4.69) is 20.6 Å². The van der Waals surface area contributed by atoms with Crippen LogP contribution in [0.5, 0.6) is 0 Å². The third-order valence-electron chi connectivity index (χ3n) is 3.57. The second-order valence-electron chi connectivity index (χ2n) is 5.12. The van der Waals surface area contributed by atoms with Crippen LogP contribution in [0, 0.1) is 0 Å². The molecule has 1 aromatic heterocycles. The summed E-state index contributed by atoms with van der Waals surface area (Å²) < 4.78 is 0. The molecule has 110 valence electrons. The lowest BCUT2D eigenvalue weighted by molar-refractivity contribution is -0.109. The molecule has 1 aliphatic rings. The second kappa shape index (κ2) is 8.04. The molecule has 1 heterocycles. The number of amides is 1. The van der Waals surface area contributed by atoms with Crippen molar-refractivity contribution in [1.82, 2.24) is 15.3 Å². The lowest BCUT2D eigenvalue weighted by Gasteiger charge is -2.20. The summed E-state index contributed by atoms with van der Waals surface area (Å²) in [7, 11) is 0. The van der Waals surface area contributed by atoms with Gasteiger partial charge < -0.3 is 10.6 Å². The van der Waals surface area contributed by atoms with Gasteiger partial charge in [0.2, 0.25) is 6.41 Å². The predicted octanol–water partition coefficient (Wildman–Crippen LogP) is 2.73. The van der Waals surface area contributed by atoms with Crippen LogP contribution >= 0.6 is 11.6 Å². The molecule has 0 bridgehead atoms. The SMILES string of the molecule is O=CNCCCNc1cc(Cl)nc(C2CCCCC2)n1. The van der Waals surface area contributed by atoms with Crippen LogP contribution < -0.4 is 10.6 Å². The van der Waals surface area contributed by atoms with Gasteiger partial charge in [0.1, 0.15) is 16.8 Å². The van der Waals surface area contributed by atoms with Crippen LogP contribution in [0.2, 0.25) is 5.15 Å². The monoisotopic (exact) mass is 296 g/mol. The zero-order valence-electron chi connectivity index (χ0n) is 11.6. The number of halogens is 1. The Kier molecular flexibility index (Phi) is 6.05. The molecule has 0 aromatic carbocycles. The van der Waals surface area contributed by atoms with Crippen molar-refractivity contribution in [3.05, 3.63) is 17.0 Å². The maximum atomic E-state index is 10.1. The Morgan fingerprint density at radius 1 is 1.25 bits per heavy atom.